The van der Waals surface area contributed by atoms with Crippen LogP contribution in [0.1, 0.15) is 0 Å². The summed E-state index contributed by atoms with van der Waals surface area (Å²) in [6.07, 6.45) is 0. The summed E-state index contributed by atoms with van der Waals surface area (Å²) in [5.74, 6) is -4.89. The minimum atomic E-state index is -1.36. The minimum absolute atomic E-state index is 0. The Labute approximate surface area is 229 Å². The van der Waals surface area contributed by atoms with E-state index < -0.39 is 37.0 Å². The van der Waals surface area contributed by atoms with Gasteiger partial charge in [-0.3, -0.25) is 19.4 Å². The van der Waals surface area contributed by atoms with E-state index in [4.69, 9.17) is 29.9 Å². The molecular weight excluding hydrogens is 458 g/mol. The first-order chi connectivity index (χ1) is 14.1. The van der Waals surface area contributed by atoms with Crippen molar-refractivity contribution in [2.45, 2.75) is 0 Å². The van der Waals surface area contributed by atoms with Crippen molar-refractivity contribution in [3.8, 4) is 0 Å². The Bertz CT molecular complexity index is 437. The predicted octanol–water partition coefficient (Wildman–Crippen LogP) is -11.7. The molecule has 0 saturated heterocycles. The monoisotopic (exact) mass is 486 g/mol. The molecule has 176 valence electrons. The Hall–Kier alpha value is -0.360. The van der Waals surface area contributed by atoms with E-state index in [1.165, 1.54) is 4.90 Å². The summed E-state index contributed by atoms with van der Waals surface area (Å²) < 4.78 is 9.76. The van der Waals surface area contributed by atoms with Crippen molar-refractivity contribution in [1.82, 2.24) is 9.80 Å². The first kappa shape index (κ1) is 38.9. The van der Waals surface area contributed by atoms with Crippen molar-refractivity contribution in [3.63, 3.8) is 0 Å². The molecular formula is C16H28N2Na2O12. The number of carbonyl (C=O) groups is 4. The van der Waals surface area contributed by atoms with Crippen LogP contribution in [0.2, 0.25) is 0 Å². The second-order valence-corrected chi connectivity index (χ2v) is 5.62. The van der Waals surface area contributed by atoms with E-state index in [9.17, 15) is 29.4 Å². The van der Waals surface area contributed by atoms with Crippen LogP contribution in [-0.4, -0.2) is 133 Å². The number of aliphatic hydroxyl groups excluding tert-OH is 2. The molecule has 0 saturated carbocycles. The number of carboxylic acids is 4. The summed E-state index contributed by atoms with van der Waals surface area (Å²) >= 11 is 0. The quantitative estimate of drug-likeness (QED) is 0.104. The number of aliphatic carboxylic acids is 4. The van der Waals surface area contributed by atoms with Crippen LogP contribution in [0.4, 0.5) is 0 Å². The van der Waals surface area contributed by atoms with Gasteiger partial charge in [0.2, 0.25) is 0 Å². The molecule has 0 atom stereocenters. The van der Waals surface area contributed by atoms with E-state index in [1.807, 2.05) is 0 Å². The predicted molar refractivity (Wildman–Crippen MR) is 94.0 cm³/mol. The molecule has 0 heterocycles. The van der Waals surface area contributed by atoms with Gasteiger partial charge in [0.15, 0.2) is 0 Å². The van der Waals surface area contributed by atoms with Gasteiger partial charge in [-0.25, -0.2) is 0 Å². The van der Waals surface area contributed by atoms with Gasteiger partial charge in [-0.05, 0) is 0 Å². The van der Waals surface area contributed by atoms with Gasteiger partial charge in [0.25, 0.3) is 0 Å². The van der Waals surface area contributed by atoms with Crippen LogP contribution in [0.5, 0.6) is 0 Å². The molecule has 0 aromatic carbocycles. The average Bonchev–Trinajstić information content (AvgIpc) is 2.61. The van der Waals surface area contributed by atoms with E-state index in [2.05, 4.69) is 0 Å². The van der Waals surface area contributed by atoms with Crippen LogP contribution < -0.4 is 69.3 Å². The average molecular weight is 486 g/mol. The third-order valence-corrected chi connectivity index (χ3v) is 3.00. The molecule has 14 nitrogen and oxygen atoms in total. The molecule has 32 heavy (non-hydrogen) atoms. The zero-order chi connectivity index (χ0) is 23.4. The van der Waals surface area contributed by atoms with Gasteiger partial charge in [0.05, 0.1) is 64.7 Å². The normalized spacial score (nSPS) is 9.88. The maximum Gasteiger partial charge on any atom is 1.00 e. The number of ether oxygens (including phenoxy) is 2. The summed E-state index contributed by atoms with van der Waals surface area (Å²) in [7, 11) is 0. The van der Waals surface area contributed by atoms with E-state index in [1.54, 1.807) is 0 Å². The first-order valence-electron chi connectivity index (χ1n) is 8.77. The number of carboxylic acid groups (broad SMARTS) is 4. The number of aliphatic hydroxyl groups is 2. The Morgan fingerprint density at radius 2 is 0.938 bits per heavy atom. The summed E-state index contributed by atoms with van der Waals surface area (Å²) in [6, 6.07) is 0. The fourth-order valence-corrected chi connectivity index (χ4v) is 1.90. The summed E-state index contributed by atoms with van der Waals surface area (Å²) in [6.45, 7) is -0.948. The number of hydrogen-bond donors (Lipinski definition) is 4. The number of carbonyl (C=O) groups excluding carboxylic acids is 2. The summed E-state index contributed by atoms with van der Waals surface area (Å²) in [5.41, 5.74) is 0. The molecule has 0 aliphatic carbocycles. The van der Waals surface area contributed by atoms with Crippen molar-refractivity contribution in [1.29, 1.82) is 0 Å². The molecule has 0 aliphatic rings. The smallest absolute Gasteiger partial charge is 0.549 e. The SMILES string of the molecule is O=C(O)CN(CCOCCO)CC(=O)O.O=C([O-])CN(CCOCCO)CC(=O)[O-].[Na+].[Na+]. The standard InChI is InChI=1S/2C8H15NO6.2Na/c2*10-2-4-15-3-1-9(5-7(11)12)6-8(13)14;;/h2*10H,1-6H2,(H,11,12)(H,13,14);;/q;;2*+1/p-2. The van der Waals surface area contributed by atoms with E-state index >= 15 is 0 Å². The van der Waals surface area contributed by atoms with Crippen molar-refractivity contribution in [3.05, 3.63) is 0 Å². The fraction of sp³-hybridized carbons (Fsp3) is 0.750. The molecule has 0 aliphatic heterocycles. The molecule has 0 radical (unpaired) electrons. The Morgan fingerprint density at radius 3 is 1.19 bits per heavy atom. The number of rotatable bonds is 18. The van der Waals surface area contributed by atoms with Crippen molar-refractivity contribution in [2.24, 2.45) is 0 Å². The molecule has 0 bridgehead atoms. The maximum atomic E-state index is 10.4. The van der Waals surface area contributed by atoms with Crippen molar-refractivity contribution in [2.75, 3.05) is 78.9 Å². The van der Waals surface area contributed by atoms with E-state index in [-0.39, 0.29) is 125 Å². The third-order valence-electron chi connectivity index (χ3n) is 3.00. The molecule has 4 N–H and O–H groups in total. The van der Waals surface area contributed by atoms with Gasteiger partial charge in [-0.1, -0.05) is 0 Å². The van der Waals surface area contributed by atoms with Crippen LogP contribution in [-0.2, 0) is 28.7 Å². The Morgan fingerprint density at radius 1 is 0.625 bits per heavy atom. The topological polar surface area (TPSA) is 220 Å². The van der Waals surface area contributed by atoms with E-state index in [0.717, 1.165) is 4.90 Å². The van der Waals surface area contributed by atoms with Gasteiger partial charge < -0.3 is 49.7 Å². The van der Waals surface area contributed by atoms with Crippen LogP contribution in [0, 0.1) is 0 Å². The molecule has 0 unspecified atom stereocenters. The fourth-order valence-electron chi connectivity index (χ4n) is 1.90. The largest absolute Gasteiger partial charge is 1.00 e. The van der Waals surface area contributed by atoms with Gasteiger partial charge >= 0.3 is 71.1 Å². The van der Waals surface area contributed by atoms with Crippen molar-refractivity contribution < 1.29 is 118 Å². The molecule has 0 aromatic rings. The van der Waals surface area contributed by atoms with Crippen LogP contribution in [0.15, 0.2) is 0 Å². The van der Waals surface area contributed by atoms with E-state index in [0.29, 0.717) is 0 Å². The zero-order valence-corrected chi connectivity index (χ0v) is 22.4. The maximum absolute atomic E-state index is 10.4. The van der Waals surface area contributed by atoms with Crippen LogP contribution >= 0.6 is 0 Å². The van der Waals surface area contributed by atoms with Gasteiger partial charge in [0.1, 0.15) is 0 Å². The molecule has 16 heteroatoms. The van der Waals surface area contributed by atoms with Gasteiger partial charge in [-0.15, -0.1) is 0 Å². The van der Waals surface area contributed by atoms with Crippen molar-refractivity contribution >= 4 is 23.9 Å². The van der Waals surface area contributed by atoms with Gasteiger partial charge in [-0.2, -0.15) is 0 Å². The molecule has 0 rings (SSSR count). The molecule has 0 fully saturated rings. The second kappa shape index (κ2) is 26.9. The summed E-state index contributed by atoms with van der Waals surface area (Å²) in [4.78, 5) is 43.5. The Balaban J connectivity index is -0.000000231. The molecule has 0 amide bonds. The summed E-state index contributed by atoms with van der Waals surface area (Å²) in [5, 5.41) is 54.2. The zero-order valence-electron chi connectivity index (χ0n) is 18.4. The molecule has 0 spiro atoms. The second-order valence-electron chi connectivity index (χ2n) is 5.62. The van der Waals surface area contributed by atoms with Crippen LogP contribution in [0.3, 0.4) is 0 Å². The Kier molecular flexibility index (Phi) is 32.7. The number of hydrogen-bond acceptors (Lipinski definition) is 12. The van der Waals surface area contributed by atoms with Crippen LogP contribution in [0.25, 0.3) is 0 Å². The van der Waals surface area contributed by atoms with Gasteiger partial charge in [0, 0.05) is 26.2 Å². The first-order valence-corrected chi connectivity index (χ1v) is 8.77. The number of nitrogens with zero attached hydrogens (tertiary/aromatic N) is 2. The molecule has 0 aromatic heterocycles. The minimum Gasteiger partial charge on any atom is -0.549 e. The third kappa shape index (κ3) is 31.8.